The van der Waals surface area contributed by atoms with Crippen LogP contribution in [0.2, 0.25) is 0 Å². The molecule has 0 saturated heterocycles. The Kier molecular flexibility index (Phi) is 7.26. The van der Waals surface area contributed by atoms with Crippen molar-refractivity contribution in [2.24, 2.45) is 0 Å². The zero-order valence-corrected chi connectivity index (χ0v) is 27.4. The maximum absolute atomic E-state index is 2.48. The quantitative estimate of drug-likeness (QED) is 0.175. The van der Waals surface area contributed by atoms with Crippen LogP contribution in [-0.4, -0.2) is 0 Å². The van der Waals surface area contributed by atoms with Gasteiger partial charge in [0.2, 0.25) is 0 Å². The van der Waals surface area contributed by atoms with Crippen molar-refractivity contribution in [3.63, 3.8) is 0 Å². The molecule has 7 aromatic carbocycles. The Morgan fingerprint density at radius 3 is 1.70 bits per heavy atom. The minimum absolute atomic E-state index is 0.0173. The molecule has 0 bridgehead atoms. The minimum atomic E-state index is -0.0173. The normalized spacial score (nSPS) is 12.9. The lowest BCUT2D eigenvalue weighted by atomic mass is 9.73. The number of hydrogen-bond donors (Lipinski definition) is 0. The maximum atomic E-state index is 2.48. The molecule has 0 heterocycles. The second-order valence-electron chi connectivity index (χ2n) is 12.9. The number of anilines is 3. The number of rotatable bonds is 7. The first-order valence-corrected chi connectivity index (χ1v) is 16.9. The summed E-state index contributed by atoms with van der Waals surface area (Å²) >= 11 is 0. The molecule has 0 aromatic heterocycles. The lowest BCUT2D eigenvalue weighted by Gasteiger charge is -2.32. The zero-order valence-electron chi connectivity index (χ0n) is 27.4. The molecular weight excluding hydrogens is 567 g/mol. The van der Waals surface area contributed by atoms with Crippen LogP contribution >= 0.6 is 0 Å². The molecule has 47 heavy (non-hydrogen) atoms. The molecule has 8 rings (SSSR count). The van der Waals surface area contributed by atoms with Crippen LogP contribution in [0.15, 0.2) is 158 Å². The smallest absolute Gasteiger partial charge is 0.0465 e. The number of nitrogens with zero attached hydrogens (tertiary/aromatic N) is 1. The molecule has 0 fully saturated rings. The summed E-state index contributed by atoms with van der Waals surface area (Å²) in [6.07, 6.45) is 2.12. The van der Waals surface area contributed by atoms with Crippen molar-refractivity contribution in [1.29, 1.82) is 0 Å². The fourth-order valence-corrected chi connectivity index (χ4v) is 7.84. The fraction of sp³-hybridized carbons (Fsp3) is 0.130. The van der Waals surface area contributed by atoms with Gasteiger partial charge in [0.05, 0.1) is 0 Å². The van der Waals surface area contributed by atoms with E-state index in [1.165, 1.54) is 72.2 Å². The molecule has 1 aliphatic carbocycles. The van der Waals surface area contributed by atoms with Crippen molar-refractivity contribution in [3.05, 3.63) is 174 Å². The molecule has 1 nitrogen and oxygen atoms in total. The Morgan fingerprint density at radius 1 is 0.426 bits per heavy atom. The molecule has 1 heteroatoms. The summed E-state index contributed by atoms with van der Waals surface area (Å²) in [6, 6.07) is 58.2. The van der Waals surface area contributed by atoms with Gasteiger partial charge in [0.25, 0.3) is 0 Å². The van der Waals surface area contributed by atoms with Gasteiger partial charge in [0.1, 0.15) is 0 Å². The van der Waals surface area contributed by atoms with E-state index in [0.717, 1.165) is 18.5 Å². The van der Waals surface area contributed by atoms with Gasteiger partial charge in [0.15, 0.2) is 0 Å². The number of benzene rings is 7. The highest BCUT2D eigenvalue weighted by atomic mass is 15.1. The molecule has 228 valence electrons. The molecule has 1 aliphatic rings. The molecule has 0 amide bonds. The van der Waals surface area contributed by atoms with E-state index in [9.17, 15) is 0 Å². The number of aryl methyl sites for hydroxylation is 1. The first-order valence-electron chi connectivity index (χ1n) is 16.9. The third-order valence-electron chi connectivity index (χ3n) is 10.4. The van der Waals surface area contributed by atoms with E-state index in [0.29, 0.717) is 0 Å². The Bertz CT molecular complexity index is 2220. The van der Waals surface area contributed by atoms with Crippen molar-refractivity contribution in [1.82, 2.24) is 0 Å². The van der Waals surface area contributed by atoms with E-state index in [1.807, 2.05) is 0 Å². The summed E-state index contributed by atoms with van der Waals surface area (Å²) < 4.78 is 0. The third kappa shape index (κ3) is 4.95. The number of fused-ring (bicyclic) bond motifs is 4. The van der Waals surface area contributed by atoms with Crippen molar-refractivity contribution in [2.75, 3.05) is 4.90 Å². The average Bonchev–Trinajstić information content (AvgIpc) is 3.39. The van der Waals surface area contributed by atoms with Gasteiger partial charge in [-0.15, -0.1) is 0 Å². The highest BCUT2D eigenvalue weighted by molar-refractivity contribution is 5.94. The van der Waals surface area contributed by atoms with Crippen LogP contribution in [0.5, 0.6) is 0 Å². The molecule has 0 saturated carbocycles. The zero-order chi connectivity index (χ0) is 32.0. The van der Waals surface area contributed by atoms with E-state index in [4.69, 9.17) is 0 Å². The molecule has 0 N–H and O–H groups in total. The second kappa shape index (κ2) is 11.8. The van der Waals surface area contributed by atoms with E-state index < -0.39 is 0 Å². The van der Waals surface area contributed by atoms with E-state index >= 15 is 0 Å². The van der Waals surface area contributed by atoms with Gasteiger partial charge in [-0.2, -0.15) is 0 Å². The van der Waals surface area contributed by atoms with Gasteiger partial charge in [-0.25, -0.2) is 0 Å². The molecule has 0 aliphatic heterocycles. The van der Waals surface area contributed by atoms with Gasteiger partial charge in [-0.3, -0.25) is 0 Å². The van der Waals surface area contributed by atoms with Crippen LogP contribution in [-0.2, 0) is 5.41 Å². The van der Waals surface area contributed by atoms with Gasteiger partial charge in [-0.1, -0.05) is 117 Å². The lowest BCUT2D eigenvalue weighted by molar-refractivity contribution is 0.491. The minimum Gasteiger partial charge on any atom is -0.310 e. The molecule has 0 unspecified atom stereocenters. The Labute approximate surface area is 278 Å². The first-order chi connectivity index (χ1) is 23.1. The van der Waals surface area contributed by atoms with Crippen molar-refractivity contribution < 1.29 is 0 Å². The summed E-state index contributed by atoms with van der Waals surface area (Å²) in [6.45, 7) is 6.88. The van der Waals surface area contributed by atoms with Crippen molar-refractivity contribution in [3.8, 4) is 33.4 Å². The summed E-state index contributed by atoms with van der Waals surface area (Å²) in [5.41, 5.74) is 15.3. The van der Waals surface area contributed by atoms with E-state index in [-0.39, 0.29) is 5.41 Å². The maximum Gasteiger partial charge on any atom is 0.0465 e. The molecule has 0 atom stereocenters. The predicted octanol–water partition coefficient (Wildman–Crippen LogP) is 13.0. The van der Waals surface area contributed by atoms with Crippen LogP contribution in [0.4, 0.5) is 17.1 Å². The summed E-state index contributed by atoms with van der Waals surface area (Å²) in [4.78, 5) is 2.42. The van der Waals surface area contributed by atoms with Crippen LogP contribution in [0.1, 0.15) is 43.4 Å². The van der Waals surface area contributed by atoms with Gasteiger partial charge in [-0.05, 0) is 135 Å². The first kappa shape index (κ1) is 29.0. The predicted molar refractivity (Wildman–Crippen MR) is 201 cm³/mol. The van der Waals surface area contributed by atoms with Crippen LogP contribution < -0.4 is 4.90 Å². The van der Waals surface area contributed by atoms with E-state index in [2.05, 4.69) is 183 Å². The monoisotopic (exact) mass is 605 g/mol. The van der Waals surface area contributed by atoms with Crippen LogP contribution in [0.3, 0.4) is 0 Å². The van der Waals surface area contributed by atoms with Crippen LogP contribution in [0.25, 0.3) is 44.2 Å². The SMILES string of the molecule is CCC1(CC)c2cc(N(c3ccc(-c4cccc(-c5ccccc5)c4)cc3)c3cccc(C)c3)ccc2-c2cc3ccccc3cc21. The van der Waals surface area contributed by atoms with Crippen LogP contribution in [0, 0.1) is 6.92 Å². The highest BCUT2D eigenvalue weighted by Gasteiger charge is 2.41. The Balaban J connectivity index is 1.24. The summed E-state index contributed by atoms with van der Waals surface area (Å²) in [5.74, 6) is 0. The Hall–Kier alpha value is -5.40. The van der Waals surface area contributed by atoms with Crippen molar-refractivity contribution in [2.45, 2.75) is 39.0 Å². The van der Waals surface area contributed by atoms with Gasteiger partial charge >= 0.3 is 0 Å². The Morgan fingerprint density at radius 2 is 1.00 bits per heavy atom. The summed E-state index contributed by atoms with van der Waals surface area (Å²) in [5, 5.41) is 2.63. The van der Waals surface area contributed by atoms with Gasteiger partial charge < -0.3 is 4.90 Å². The highest BCUT2D eigenvalue weighted by Crippen LogP contribution is 2.55. The number of hydrogen-bond acceptors (Lipinski definition) is 1. The fourth-order valence-electron chi connectivity index (χ4n) is 7.84. The van der Waals surface area contributed by atoms with Gasteiger partial charge in [0, 0.05) is 22.5 Å². The summed E-state index contributed by atoms with van der Waals surface area (Å²) in [7, 11) is 0. The lowest BCUT2D eigenvalue weighted by Crippen LogP contribution is -2.23. The standard InChI is InChI=1S/C46H39N/c1-4-46(5-2)44-30-38-17-10-9-16-37(38)29-43(44)42-26-25-41(31-45(42)46)47(40-20-11-13-32(3)27-40)39-23-21-34(22-24-39)36-19-12-18-35(28-36)33-14-7-6-8-15-33/h6-31H,4-5H2,1-3H3. The molecule has 0 spiro atoms. The third-order valence-corrected chi connectivity index (χ3v) is 10.4. The molecule has 0 radical (unpaired) electrons. The topological polar surface area (TPSA) is 3.24 Å². The largest absolute Gasteiger partial charge is 0.310 e. The molecule has 7 aromatic rings. The molecular formula is C46H39N. The average molecular weight is 606 g/mol. The van der Waals surface area contributed by atoms with Crippen molar-refractivity contribution >= 4 is 27.8 Å². The second-order valence-corrected chi connectivity index (χ2v) is 12.9. The van der Waals surface area contributed by atoms with E-state index in [1.54, 1.807) is 0 Å².